The van der Waals surface area contributed by atoms with Gasteiger partial charge in [-0.25, -0.2) is 4.98 Å². The third kappa shape index (κ3) is 7.40. The number of aromatic nitrogens is 1. The summed E-state index contributed by atoms with van der Waals surface area (Å²) in [6, 6.07) is 2.32. The van der Waals surface area contributed by atoms with Crippen molar-refractivity contribution in [2.45, 2.75) is 78.9 Å². The van der Waals surface area contributed by atoms with Gasteiger partial charge in [-0.05, 0) is 74.8 Å². The van der Waals surface area contributed by atoms with Crippen molar-refractivity contribution in [3.05, 3.63) is 40.0 Å². The van der Waals surface area contributed by atoms with Crippen LogP contribution in [0.1, 0.15) is 76.1 Å². The van der Waals surface area contributed by atoms with Crippen LogP contribution < -0.4 is 20.7 Å². The Kier molecular flexibility index (Phi) is 9.35. The summed E-state index contributed by atoms with van der Waals surface area (Å²) in [7, 11) is 1.81. The number of ether oxygens (including phenoxy) is 2. The molecule has 0 bridgehead atoms. The molecule has 2 fully saturated rings. The second-order valence-corrected chi connectivity index (χ2v) is 11.0. The molecule has 4 rings (SSSR count). The Labute approximate surface area is 222 Å². The van der Waals surface area contributed by atoms with E-state index in [9.17, 15) is 5.11 Å². The quantitative estimate of drug-likeness (QED) is 0.260. The number of aliphatic hydroxyl groups excluding tert-OH is 1. The molecule has 8 heteroatoms. The van der Waals surface area contributed by atoms with Gasteiger partial charge < -0.3 is 30.5 Å². The Bertz CT molecular complexity index is 1030. The van der Waals surface area contributed by atoms with Crippen LogP contribution in [-0.2, 0) is 11.3 Å². The Morgan fingerprint density at radius 2 is 2.03 bits per heavy atom. The maximum absolute atomic E-state index is 9.67. The second kappa shape index (κ2) is 12.7. The lowest BCUT2D eigenvalue weighted by Gasteiger charge is -2.27. The van der Waals surface area contributed by atoms with Gasteiger partial charge >= 0.3 is 0 Å². The first kappa shape index (κ1) is 27.3. The monoisotopic (exact) mass is 511 g/mol. The predicted octanol–water partition coefficient (Wildman–Crippen LogP) is 4.24. The minimum Gasteiger partial charge on any atom is -0.488 e. The number of nitrogens with zero attached hydrogens (tertiary/aromatic N) is 2. The van der Waals surface area contributed by atoms with E-state index in [1.54, 1.807) is 0 Å². The van der Waals surface area contributed by atoms with Gasteiger partial charge in [-0.1, -0.05) is 20.8 Å². The fraction of sp³-hybridized carbons (Fsp3) is 0.655. The minimum absolute atomic E-state index is 0.246. The number of fused-ring (bicyclic) bond motifs is 1. The summed E-state index contributed by atoms with van der Waals surface area (Å²) in [5.41, 5.74) is 4.21. The number of hydrogen-bond donors (Lipinski definition) is 4. The number of rotatable bonds is 11. The summed E-state index contributed by atoms with van der Waals surface area (Å²) in [6.07, 6.45) is 8.49. The van der Waals surface area contributed by atoms with E-state index in [1.807, 2.05) is 20.0 Å². The van der Waals surface area contributed by atoms with Gasteiger partial charge in [0.15, 0.2) is 5.96 Å². The van der Waals surface area contributed by atoms with Crippen LogP contribution in [0.25, 0.3) is 6.08 Å². The van der Waals surface area contributed by atoms with Crippen LogP contribution >= 0.6 is 0 Å². The van der Waals surface area contributed by atoms with E-state index >= 15 is 0 Å². The molecule has 2 unspecified atom stereocenters. The van der Waals surface area contributed by atoms with Crippen LogP contribution in [0.5, 0.6) is 5.88 Å². The third-order valence-electron chi connectivity index (χ3n) is 7.39. The highest BCUT2D eigenvalue weighted by atomic mass is 16.5. The van der Waals surface area contributed by atoms with Crippen LogP contribution in [0.3, 0.4) is 0 Å². The van der Waals surface area contributed by atoms with Crippen molar-refractivity contribution in [2.24, 2.45) is 22.7 Å². The van der Waals surface area contributed by atoms with Gasteiger partial charge in [-0.3, -0.25) is 4.99 Å². The van der Waals surface area contributed by atoms with E-state index < -0.39 is 0 Å². The molecule has 0 saturated heterocycles. The Hall–Kier alpha value is -2.74. The van der Waals surface area contributed by atoms with Crippen molar-refractivity contribution in [3.63, 3.8) is 0 Å². The molecule has 1 aliphatic heterocycles. The number of aliphatic imine (C=N–C) groups is 1. The van der Waals surface area contributed by atoms with E-state index in [1.165, 1.54) is 12.8 Å². The highest BCUT2D eigenvalue weighted by molar-refractivity contribution is 5.81. The summed E-state index contributed by atoms with van der Waals surface area (Å²) in [4.78, 5) is 9.13. The normalized spacial score (nSPS) is 22.1. The molecule has 0 amide bonds. The fourth-order valence-electron chi connectivity index (χ4n) is 4.95. The van der Waals surface area contributed by atoms with Crippen molar-refractivity contribution in [3.8, 4) is 5.88 Å². The number of allylic oxidation sites excluding steroid dienone is 1. The lowest BCUT2D eigenvalue weighted by Crippen LogP contribution is -2.44. The molecule has 2 heterocycles. The fourth-order valence-corrected chi connectivity index (χ4v) is 4.95. The van der Waals surface area contributed by atoms with Crippen LogP contribution in [0.4, 0.5) is 0 Å². The zero-order valence-electron chi connectivity index (χ0n) is 23.2. The second-order valence-electron chi connectivity index (χ2n) is 11.0. The Morgan fingerprint density at radius 1 is 1.24 bits per heavy atom. The average Bonchev–Trinajstić information content (AvgIpc) is 3.61. The molecule has 37 heavy (non-hydrogen) atoms. The van der Waals surface area contributed by atoms with E-state index in [0.717, 1.165) is 78.1 Å². The summed E-state index contributed by atoms with van der Waals surface area (Å²) in [5.74, 6) is 4.73. The van der Waals surface area contributed by atoms with Gasteiger partial charge in [0, 0.05) is 49.1 Å². The maximum atomic E-state index is 9.67. The van der Waals surface area contributed by atoms with Gasteiger partial charge in [-0.15, -0.1) is 0 Å². The van der Waals surface area contributed by atoms with Gasteiger partial charge in [0.1, 0.15) is 18.2 Å². The predicted molar refractivity (Wildman–Crippen MR) is 148 cm³/mol. The van der Waals surface area contributed by atoms with Crippen LogP contribution in [-0.4, -0.2) is 48.9 Å². The minimum atomic E-state index is 0.246. The largest absolute Gasteiger partial charge is 0.488 e. The van der Waals surface area contributed by atoms with E-state index in [2.05, 4.69) is 52.8 Å². The van der Waals surface area contributed by atoms with Gasteiger partial charge in [0.2, 0.25) is 5.88 Å². The summed E-state index contributed by atoms with van der Waals surface area (Å²) in [6.45, 7) is 10.7. The zero-order chi connectivity index (χ0) is 26.4. The van der Waals surface area contributed by atoms with Gasteiger partial charge in [0.25, 0.3) is 0 Å². The first-order valence-electron chi connectivity index (χ1n) is 14.0. The molecule has 8 nitrogen and oxygen atoms in total. The average molecular weight is 512 g/mol. The molecule has 2 atom stereocenters. The molecule has 2 saturated carbocycles. The number of aryl methyl sites for hydroxylation is 1. The van der Waals surface area contributed by atoms with Crippen molar-refractivity contribution in [2.75, 3.05) is 26.8 Å². The molecule has 2 aliphatic carbocycles. The summed E-state index contributed by atoms with van der Waals surface area (Å²) in [5, 5.41) is 20.5. The summed E-state index contributed by atoms with van der Waals surface area (Å²) >= 11 is 0. The lowest BCUT2D eigenvalue weighted by molar-refractivity contribution is 0.200. The number of guanidine groups is 1. The molecular weight excluding hydrogens is 466 g/mol. The molecule has 0 aromatic carbocycles. The summed E-state index contributed by atoms with van der Waals surface area (Å²) < 4.78 is 12.3. The van der Waals surface area contributed by atoms with E-state index in [4.69, 9.17) is 9.47 Å². The molecule has 0 spiro atoms. The smallest absolute Gasteiger partial charge is 0.214 e. The lowest BCUT2D eigenvalue weighted by atomic mass is 10.0. The maximum Gasteiger partial charge on any atom is 0.214 e. The molecule has 4 N–H and O–H groups in total. The van der Waals surface area contributed by atoms with Crippen molar-refractivity contribution < 1.29 is 14.6 Å². The van der Waals surface area contributed by atoms with Crippen LogP contribution in [0, 0.1) is 24.7 Å². The molecule has 3 aliphatic rings. The third-order valence-corrected chi connectivity index (χ3v) is 7.39. The number of hydrogen-bond acceptors (Lipinski definition) is 6. The first-order valence-corrected chi connectivity index (χ1v) is 14.0. The first-order chi connectivity index (χ1) is 17.9. The number of nitrogens with one attached hydrogen (secondary N) is 3. The molecule has 1 aromatic rings. The number of aliphatic hydroxyl groups is 1. The highest BCUT2D eigenvalue weighted by Crippen LogP contribution is 2.33. The number of pyridine rings is 1. The van der Waals surface area contributed by atoms with Gasteiger partial charge in [0.05, 0.1) is 6.61 Å². The Balaban J connectivity index is 1.63. The van der Waals surface area contributed by atoms with Gasteiger partial charge in [-0.2, -0.15) is 0 Å². The Morgan fingerprint density at radius 3 is 2.68 bits per heavy atom. The SMILES string of the molecule is CC/C(C1=Cc2cc(OCC(C)C)nc(C)c2CO1)=C(\NC(=NC)NCC1CC1)NC1CCC(CO)C1. The van der Waals surface area contributed by atoms with Crippen LogP contribution in [0.2, 0.25) is 0 Å². The molecular formula is C29H45N5O3. The topological polar surface area (TPSA) is 100 Å². The highest BCUT2D eigenvalue weighted by Gasteiger charge is 2.27. The molecule has 1 aromatic heterocycles. The van der Waals surface area contributed by atoms with Crippen molar-refractivity contribution in [1.29, 1.82) is 0 Å². The van der Waals surface area contributed by atoms with E-state index in [0.29, 0.717) is 37.0 Å². The van der Waals surface area contributed by atoms with Crippen molar-refractivity contribution in [1.82, 2.24) is 20.9 Å². The standard InChI is InChI=1S/C29H45N5O3/c1-6-24(26-12-22-13-27(37-16-18(2)3)32-19(4)25(22)17-36-26)28(33-23-10-9-21(11-23)15-35)34-29(30-5)31-14-20-7-8-20/h12-13,18,20-21,23,33,35H,6-11,14-17H2,1-5H3,(H2,30,31,34)/b28-24+. The molecule has 0 radical (unpaired) electrons. The van der Waals surface area contributed by atoms with E-state index in [-0.39, 0.29) is 6.61 Å². The molecule has 204 valence electrons. The zero-order valence-corrected chi connectivity index (χ0v) is 23.2. The van der Waals surface area contributed by atoms with Crippen LogP contribution in [0.15, 0.2) is 28.2 Å². The van der Waals surface area contributed by atoms with Crippen molar-refractivity contribution >= 4 is 12.0 Å².